The van der Waals surface area contributed by atoms with Gasteiger partial charge in [0.05, 0.1) is 19.3 Å². The summed E-state index contributed by atoms with van der Waals surface area (Å²) in [5.41, 5.74) is 2.28. The number of halogens is 6. The lowest BCUT2D eigenvalue weighted by atomic mass is 9.80. The first-order chi connectivity index (χ1) is 17.8. The standard InChI is InChI=1S/C28H36F6O4/c1-4-14-26(6-3,38-21-12-10-19(16-35)20(15-21)17-36)23-9-7-8-18(22(23)5-2)11-13-24(37)25(27(29,30)31)28(32,33)34/h7-10,12,15,24-25,35-37H,4-6,11,13-14,16-17H2,1-3H3. The van der Waals surface area contributed by atoms with Gasteiger partial charge >= 0.3 is 12.4 Å². The van der Waals surface area contributed by atoms with Crippen LogP contribution in [-0.4, -0.2) is 33.8 Å². The average molecular weight is 551 g/mol. The van der Waals surface area contributed by atoms with Crippen molar-refractivity contribution in [1.82, 2.24) is 0 Å². The lowest BCUT2D eigenvalue weighted by Gasteiger charge is -2.37. The molecule has 0 fully saturated rings. The van der Waals surface area contributed by atoms with Crippen molar-refractivity contribution in [3.8, 4) is 5.75 Å². The summed E-state index contributed by atoms with van der Waals surface area (Å²) in [6.45, 7) is 5.20. The van der Waals surface area contributed by atoms with E-state index in [0.717, 1.165) is 17.5 Å². The maximum atomic E-state index is 13.1. The van der Waals surface area contributed by atoms with Crippen LogP contribution < -0.4 is 4.74 Å². The zero-order valence-electron chi connectivity index (χ0n) is 21.8. The van der Waals surface area contributed by atoms with Crippen LogP contribution in [0.5, 0.6) is 5.75 Å². The molecule has 0 aliphatic heterocycles. The molecule has 2 aromatic carbocycles. The van der Waals surface area contributed by atoms with Gasteiger partial charge in [0.25, 0.3) is 0 Å². The minimum atomic E-state index is -5.61. The molecule has 2 unspecified atom stereocenters. The zero-order valence-corrected chi connectivity index (χ0v) is 21.8. The van der Waals surface area contributed by atoms with Gasteiger partial charge in [-0.05, 0) is 72.1 Å². The molecule has 2 atom stereocenters. The van der Waals surface area contributed by atoms with Crippen molar-refractivity contribution in [2.24, 2.45) is 5.92 Å². The third kappa shape index (κ3) is 7.42. The van der Waals surface area contributed by atoms with E-state index in [2.05, 4.69) is 0 Å². The first kappa shape index (κ1) is 31.9. The molecule has 214 valence electrons. The van der Waals surface area contributed by atoms with Gasteiger partial charge in [-0.2, -0.15) is 26.3 Å². The lowest BCUT2D eigenvalue weighted by molar-refractivity contribution is -0.306. The van der Waals surface area contributed by atoms with E-state index < -0.39 is 36.4 Å². The smallest absolute Gasteiger partial charge is 0.403 e. The summed E-state index contributed by atoms with van der Waals surface area (Å²) in [5.74, 6) is -3.35. The third-order valence-corrected chi connectivity index (χ3v) is 6.97. The number of alkyl halides is 6. The third-order valence-electron chi connectivity index (χ3n) is 6.97. The highest BCUT2D eigenvalue weighted by Crippen LogP contribution is 2.43. The predicted molar refractivity (Wildman–Crippen MR) is 132 cm³/mol. The number of hydrogen-bond donors (Lipinski definition) is 3. The molecular weight excluding hydrogens is 514 g/mol. The Balaban J connectivity index is 2.47. The summed E-state index contributed by atoms with van der Waals surface area (Å²) in [5, 5.41) is 29.1. The Morgan fingerprint density at radius 2 is 1.47 bits per heavy atom. The monoisotopic (exact) mass is 550 g/mol. The molecule has 2 aromatic rings. The van der Waals surface area contributed by atoms with E-state index in [1.165, 1.54) is 0 Å². The van der Waals surface area contributed by atoms with E-state index in [9.17, 15) is 41.7 Å². The highest BCUT2D eigenvalue weighted by Gasteiger charge is 2.59. The molecule has 0 heterocycles. The Morgan fingerprint density at radius 3 is 1.97 bits per heavy atom. The fourth-order valence-corrected chi connectivity index (χ4v) is 5.08. The Morgan fingerprint density at radius 1 is 0.842 bits per heavy atom. The van der Waals surface area contributed by atoms with Crippen LogP contribution in [0.2, 0.25) is 0 Å². The summed E-state index contributed by atoms with van der Waals surface area (Å²) in [4.78, 5) is 0. The normalized spacial score (nSPS) is 15.0. The van der Waals surface area contributed by atoms with Crippen molar-refractivity contribution in [1.29, 1.82) is 0 Å². The predicted octanol–water partition coefficient (Wildman–Crippen LogP) is 6.75. The van der Waals surface area contributed by atoms with E-state index in [1.807, 2.05) is 26.8 Å². The van der Waals surface area contributed by atoms with Crippen LogP contribution in [0.4, 0.5) is 26.3 Å². The van der Waals surface area contributed by atoms with Gasteiger partial charge < -0.3 is 20.1 Å². The van der Waals surface area contributed by atoms with E-state index in [-0.39, 0.29) is 19.6 Å². The number of aliphatic hydroxyl groups is 3. The van der Waals surface area contributed by atoms with Crippen molar-refractivity contribution < 1.29 is 46.4 Å². The average Bonchev–Trinajstić information content (AvgIpc) is 2.84. The van der Waals surface area contributed by atoms with Gasteiger partial charge in [0, 0.05) is 0 Å². The Labute approximate surface area is 219 Å². The van der Waals surface area contributed by atoms with Crippen molar-refractivity contribution in [2.75, 3.05) is 0 Å². The zero-order chi connectivity index (χ0) is 28.7. The van der Waals surface area contributed by atoms with Gasteiger partial charge in [0.1, 0.15) is 11.4 Å². The van der Waals surface area contributed by atoms with Gasteiger partial charge in [-0.25, -0.2) is 0 Å². The number of benzene rings is 2. The summed E-state index contributed by atoms with van der Waals surface area (Å²) >= 11 is 0. The second-order valence-corrected chi connectivity index (χ2v) is 9.41. The van der Waals surface area contributed by atoms with E-state index in [0.29, 0.717) is 41.7 Å². The van der Waals surface area contributed by atoms with Crippen LogP contribution in [0.3, 0.4) is 0 Å². The van der Waals surface area contributed by atoms with Crippen LogP contribution in [-0.2, 0) is 31.7 Å². The molecule has 38 heavy (non-hydrogen) atoms. The van der Waals surface area contributed by atoms with E-state index in [1.54, 1.807) is 30.3 Å². The fourth-order valence-electron chi connectivity index (χ4n) is 5.08. The van der Waals surface area contributed by atoms with Crippen LogP contribution in [0.25, 0.3) is 0 Å². The van der Waals surface area contributed by atoms with Crippen molar-refractivity contribution in [3.63, 3.8) is 0 Å². The van der Waals surface area contributed by atoms with E-state index in [4.69, 9.17) is 4.74 Å². The molecule has 0 radical (unpaired) electrons. The minimum Gasteiger partial charge on any atom is -0.483 e. The summed E-state index contributed by atoms with van der Waals surface area (Å²) in [6.07, 6.45) is -12.5. The maximum Gasteiger partial charge on any atom is 0.403 e. The molecule has 0 amide bonds. The molecule has 0 spiro atoms. The second kappa shape index (κ2) is 13.2. The largest absolute Gasteiger partial charge is 0.483 e. The van der Waals surface area contributed by atoms with Crippen molar-refractivity contribution >= 4 is 0 Å². The first-order valence-electron chi connectivity index (χ1n) is 12.7. The Hall–Kier alpha value is -2.30. The van der Waals surface area contributed by atoms with Crippen LogP contribution in [0, 0.1) is 5.92 Å². The topological polar surface area (TPSA) is 69.9 Å². The fraction of sp³-hybridized carbons (Fsp3) is 0.571. The molecule has 0 saturated heterocycles. The van der Waals surface area contributed by atoms with Crippen molar-refractivity contribution in [2.45, 2.75) is 96.6 Å². The molecule has 0 aromatic heterocycles. The summed E-state index contributed by atoms with van der Waals surface area (Å²) in [6, 6.07) is 10.2. The molecular formula is C28H36F6O4. The highest BCUT2D eigenvalue weighted by molar-refractivity contribution is 5.42. The van der Waals surface area contributed by atoms with Crippen LogP contribution in [0.1, 0.15) is 74.3 Å². The Bertz CT molecular complexity index is 1020. The van der Waals surface area contributed by atoms with E-state index >= 15 is 0 Å². The van der Waals surface area contributed by atoms with Crippen LogP contribution in [0.15, 0.2) is 36.4 Å². The van der Waals surface area contributed by atoms with Gasteiger partial charge in [-0.1, -0.05) is 51.5 Å². The number of ether oxygens (including phenoxy) is 1. The lowest BCUT2D eigenvalue weighted by Crippen LogP contribution is -2.45. The first-order valence-corrected chi connectivity index (χ1v) is 12.7. The van der Waals surface area contributed by atoms with Gasteiger partial charge in [0.15, 0.2) is 5.92 Å². The quantitative estimate of drug-likeness (QED) is 0.241. The minimum absolute atomic E-state index is 0.174. The van der Waals surface area contributed by atoms with Gasteiger partial charge in [0.2, 0.25) is 0 Å². The maximum absolute atomic E-state index is 13.1. The van der Waals surface area contributed by atoms with Crippen molar-refractivity contribution in [3.05, 3.63) is 64.2 Å². The number of hydrogen-bond acceptors (Lipinski definition) is 4. The SMILES string of the molecule is CCCC(CC)(Oc1ccc(CO)c(CO)c1)c1cccc(CCC(O)C(C(F)(F)F)C(F)(F)F)c1CC. The second-order valence-electron chi connectivity index (χ2n) is 9.41. The highest BCUT2D eigenvalue weighted by atomic mass is 19.4. The number of aliphatic hydroxyl groups excluding tert-OH is 3. The molecule has 10 heteroatoms. The van der Waals surface area contributed by atoms with Crippen LogP contribution >= 0.6 is 0 Å². The Kier molecular flexibility index (Phi) is 11.1. The molecule has 3 N–H and O–H groups in total. The number of aryl methyl sites for hydroxylation is 1. The molecule has 0 aliphatic carbocycles. The molecule has 0 bridgehead atoms. The van der Waals surface area contributed by atoms with Gasteiger partial charge in [-0.3, -0.25) is 0 Å². The molecule has 2 rings (SSSR count). The summed E-state index contributed by atoms with van der Waals surface area (Å²) in [7, 11) is 0. The molecule has 4 nitrogen and oxygen atoms in total. The molecule has 0 aliphatic rings. The summed E-state index contributed by atoms with van der Waals surface area (Å²) < 4.78 is 85.0. The molecule has 0 saturated carbocycles. The number of rotatable bonds is 13. The van der Waals surface area contributed by atoms with Gasteiger partial charge in [-0.15, -0.1) is 0 Å².